The third-order valence-electron chi connectivity index (χ3n) is 2.74. The maximum absolute atomic E-state index is 11.7. The van der Waals surface area contributed by atoms with Crippen LogP contribution in [0.4, 0.5) is 5.69 Å². The second kappa shape index (κ2) is 4.25. The largest absolute Gasteiger partial charge is 0.465 e. The van der Waals surface area contributed by atoms with E-state index >= 15 is 0 Å². The Balaban J connectivity index is 2.07. The van der Waals surface area contributed by atoms with Crippen LogP contribution >= 0.6 is 11.3 Å². The maximum Gasteiger partial charge on any atom is 0.350 e. The van der Waals surface area contributed by atoms with Gasteiger partial charge in [-0.2, -0.15) is 0 Å². The fraction of sp³-hybridized carbons (Fsp3) is 0.455. The van der Waals surface area contributed by atoms with Crippen molar-refractivity contribution in [3.63, 3.8) is 0 Å². The number of hydrogen-bond donors (Lipinski definition) is 1. The van der Waals surface area contributed by atoms with Gasteiger partial charge in [0.2, 0.25) is 5.91 Å². The third kappa shape index (κ3) is 2.09. The fourth-order valence-corrected chi connectivity index (χ4v) is 2.34. The van der Waals surface area contributed by atoms with Gasteiger partial charge in [0.15, 0.2) is 0 Å². The number of amides is 1. The molecule has 0 radical (unpaired) electrons. The van der Waals surface area contributed by atoms with Crippen LogP contribution in [0.25, 0.3) is 0 Å². The third-order valence-corrected chi connectivity index (χ3v) is 3.63. The quantitative estimate of drug-likeness (QED) is 0.822. The molecule has 1 saturated carbocycles. The van der Waals surface area contributed by atoms with Gasteiger partial charge in [0.05, 0.1) is 12.8 Å². The lowest BCUT2D eigenvalue weighted by Gasteiger charge is -2.04. The van der Waals surface area contributed by atoms with Crippen LogP contribution in [0.2, 0.25) is 0 Å². The van der Waals surface area contributed by atoms with Crippen LogP contribution < -0.4 is 5.32 Å². The van der Waals surface area contributed by atoms with Gasteiger partial charge in [-0.15, -0.1) is 11.3 Å². The van der Waals surface area contributed by atoms with Gasteiger partial charge in [-0.3, -0.25) is 4.79 Å². The summed E-state index contributed by atoms with van der Waals surface area (Å²) in [6.07, 6.45) is 0.934. The summed E-state index contributed by atoms with van der Waals surface area (Å²) in [7, 11) is 1.33. The van der Waals surface area contributed by atoms with E-state index < -0.39 is 5.97 Å². The van der Waals surface area contributed by atoms with E-state index in [1.165, 1.54) is 18.4 Å². The highest BCUT2D eigenvalue weighted by Gasteiger charge is 2.39. The van der Waals surface area contributed by atoms with Crippen LogP contribution in [0.5, 0.6) is 0 Å². The smallest absolute Gasteiger partial charge is 0.350 e. The average molecular weight is 239 g/mol. The Morgan fingerprint density at radius 1 is 1.56 bits per heavy atom. The van der Waals surface area contributed by atoms with Gasteiger partial charge in [-0.1, -0.05) is 6.92 Å². The highest BCUT2D eigenvalue weighted by Crippen LogP contribution is 2.39. The molecule has 4 nitrogen and oxygen atoms in total. The van der Waals surface area contributed by atoms with Crippen LogP contribution in [0, 0.1) is 11.8 Å². The molecule has 1 amide bonds. The zero-order valence-electron chi connectivity index (χ0n) is 9.15. The van der Waals surface area contributed by atoms with E-state index in [2.05, 4.69) is 10.1 Å². The molecular weight excluding hydrogens is 226 g/mol. The number of anilines is 1. The van der Waals surface area contributed by atoms with Gasteiger partial charge in [0, 0.05) is 5.92 Å². The van der Waals surface area contributed by atoms with E-state index in [9.17, 15) is 9.59 Å². The molecule has 2 rings (SSSR count). The van der Waals surface area contributed by atoms with Crippen LogP contribution in [-0.2, 0) is 9.53 Å². The van der Waals surface area contributed by atoms with E-state index in [0.717, 1.165) is 6.42 Å². The molecule has 86 valence electrons. The SMILES string of the molecule is COC(=O)c1sccc1NC(=O)[C@H]1C[C@H]1C. The number of methoxy groups -OCH3 is 1. The van der Waals surface area contributed by atoms with Crippen molar-refractivity contribution in [2.45, 2.75) is 13.3 Å². The van der Waals surface area contributed by atoms with Crippen LogP contribution in [0.1, 0.15) is 23.0 Å². The number of carbonyl (C=O) groups excluding carboxylic acids is 2. The van der Waals surface area contributed by atoms with E-state index in [1.54, 1.807) is 11.4 Å². The second-order valence-electron chi connectivity index (χ2n) is 3.96. The van der Waals surface area contributed by atoms with Gasteiger partial charge in [-0.05, 0) is 23.8 Å². The first kappa shape index (κ1) is 11.1. The molecular formula is C11H13NO3S. The lowest BCUT2D eigenvalue weighted by molar-refractivity contribution is -0.117. The van der Waals surface area contributed by atoms with Crippen molar-refractivity contribution < 1.29 is 14.3 Å². The molecule has 0 bridgehead atoms. The van der Waals surface area contributed by atoms with Crippen molar-refractivity contribution >= 4 is 28.9 Å². The second-order valence-corrected chi connectivity index (χ2v) is 4.88. The summed E-state index contributed by atoms with van der Waals surface area (Å²) in [4.78, 5) is 23.5. The standard InChI is InChI=1S/C11H13NO3S/c1-6-5-7(6)10(13)12-8-3-4-16-9(8)11(14)15-2/h3-4,6-7H,5H2,1-2H3,(H,12,13)/t6-,7+/m1/s1. The Hall–Kier alpha value is -1.36. The first-order chi connectivity index (χ1) is 7.63. The predicted octanol–water partition coefficient (Wildman–Crippen LogP) is 2.13. The van der Waals surface area contributed by atoms with Crippen molar-refractivity contribution in [3.8, 4) is 0 Å². The van der Waals surface area contributed by atoms with Crippen molar-refractivity contribution in [1.29, 1.82) is 0 Å². The number of carbonyl (C=O) groups is 2. The number of nitrogens with one attached hydrogen (secondary N) is 1. The number of rotatable bonds is 3. The summed E-state index contributed by atoms with van der Waals surface area (Å²) < 4.78 is 4.63. The Kier molecular flexibility index (Phi) is 2.96. The highest BCUT2D eigenvalue weighted by molar-refractivity contribution is 7.12. The minimum Gasteiger partial charge on any atom is -0.465 e. The van der Waals surface area contributed by atoms with Gasteiger partial charge in [0.1, 0.15) is 4.88 Å². The van der Waals surface area contributed by atoms with Gasteiger partial charge >= 0.3 is 5.97 Å². The van der Waals surface area contributed by atoms with Crippen LogP contribution in [0.15, 0.2) is 11.4 Å². The number of ether oxygens (including phenoxy) is 1. The van der Waals surface area contributed by atoms with E-state index in [1.807, 2.05) is 6.92 Å². The molecule has 0 saturated heterocycles. The maximum atomic E-state index is 11.7. The molecule has 5 heteroatoms. The predicted molar refractivity (Wildman–Crippen MR) is 61.6 cm³/mol. The van der Waals surface area contributed by atoms with Gasteiger partial charge < -0.3 is 10.1 Å². The number of thiophene rings is 1. The minimum absolute atomic E-state index is 0.00365. The van der Waals surface area contributed by atoms with E-state index in [-0.39, 0.29) is 11.8 Å². The monoisotopic (exact) mass is 239 g/mol. The topological polar surface area (TPSA) is 55.4 Å². The molecule has 1 aromatic heterocycles. The Bertz CT molecular complexity index is 427. The lowest BCUT2D eigenvalue weighted by atomic mass is 10.3. The van der Waals surface area contributed by atoms with E-state index in [0.29, 0.717) is 16.5 Å². The number of esters is 1. The molecule has 1 N–H and O–H groups in total. The van der Waals surface area contributed by atoms with Crippen molar-refractivity contribution in [1.82, 2.24) is 0 Å². The van der Waals surface area contributed by atoms with Gasteiger partial charge in [-0.25, -0.2) is 4.79 Å². The molecule has 1 aliphatic carbocycles. The molecule has 2 atom stereocenters. The Morgan fingerprint density at radius 3 is 2.81 bits per heavy atom. The van der Waals surface area contributed by atoms with Crippen LogP contribution in [0.3, 0.4) is 0 Å². The summed E-state index contributed by atoms with van der Waals surface area (Å²) >= 11 is 1.27. The fourth-order valence-electron chi connectivity index (χ4n) is 1.57. The molecule has 1 heterocycles. The Morgan fingerprint density at radius 2 is 2.25 bits per heavy atom. The minimum atomic E-state index is -0.408. The van der Waals surface area contributed by atoms with Gasteiger partial charge in [0.25, 0.3) is 0 Å². The van der Waals surface area contributed by atoms with Crippen LogP contribution in [-0.4, -0.2) is 19.0 Å². The first-order valence-corrected chi connectivity index (χ1v) is 5.98. The molecule has 16 heavy (non-hydrogen) atoms. The van der Waals surface area contributed by atoms with Crippen molar-refractivity contribution in [2.75, 3.05) is 12.4 Å². The Labute approximate surface area is 97.6 Å². The molecule has 1 aromatic rings. The molecule has 1 fully saturated rings. The number of hydrogen-bond acceptors (Lipinski definition) is 4. The summed E-state index contributed by atoms with van der Waals surface area (Å²) in [5, 5.41) is 4.53. The molecule has 0 aliphatic heterocycles. The summed E-state index contributed by atoms with van der Waals surface area (Å²) in [6.45, 7) is 2.04. The highest BCUT2D eigenvalue weighted by atomic mass is 32.1. The zero-order chi connectivity index (χ0) is 11.7. The van der Waals surface area contributed by atoms with Crippen molar-refractivity contribution in [2.24, 2.45) is 11.8 Å². The first-order valence-electron chi connectivity index (χ1n) is 5.10. The molecule has 0 unspecified atom stereocenters. The summed E-state index contributed by atoms with van der Waals surface area (Å²) in [5.74, 6) is 0.149. The summed E-state index contributed by atoms with van der Waals surface area (Å²) in [6, 6.07) is 1.72. The van der Waals surface area contributed by atoms with Crippen molar-refractivity contribution in [3.05, 3.63) is 16.3 Å². The molecule has 0 aromatic carbocycles. The molecule has 0 spiro atoms. The van der Waals surface area contributed by atoms with E-state index in [4.69, 9.17) is 0 Å². The summed E-state index contributed by atoms with van der Waals surface area (Å²) in [5.41, 5.74) is 0.556. The zero-order valence-corrected chi connectivity index (χ0v) is 9.97. The normalized spacial score (nSPS) is 22.6. The average Bonchev–Trinajstić information content (AvgIpc) is 2.83. The lowest BCUT2D eigenvalue weighted by Crippen LogP contribution is -2.16. The molecule has 1 aliphatic rings.